The second-order valence-corrected chi connectivity index (χ2v) is 13.8. The molecule has 4 aromatic carbocycles. The van der Waals surface area contributed by atoms with E-state index in [1.165, 1.54) is 13.8 Å². The summed E-state index contributed by atoms with van der Waals surface area (Å²) in [6, 6.07) is 13.9. The number of nitrogens with zero attached hydrogens (tertiary/aromatic N) is 2. The van der Waals surface area contributed by atoms with Crippen molar-refractivity contribution in [3.8, 4) is 11.5 Å². The second-order valence-electron chi connectivity index (χ2n) is 13.2. The van der Waals surface area contributed by atoms with Crippen LogP contribution in [0.1, 0.15) is 75.3 Å². The highest BCUT2D eigenvalue weighted by molar-refractivity contribution is 6.19. The number of hydrogen-bond donors (Lipinski definition) is 4. The Kier molecular flexibility index (Phi) is 10.4. The van der Waals surface area contributed by atoms with Gasteiger partial charge in [0.05, 0.1) is 11.4 Å². The number of anilines is 4. The lowest BCUT2D eigenvalue weighted by molar-refractivity contribution is -0.119. The summed E-state index contributed by atoms with van der Waals surface area (Å²) in [7, 11) is 0. The third kappa shape index (κ3) is 6.91. The summed E-state index contributed by atoms with van der Waals surface area (Å²) in [5.74, 6) is 0.0176. The van der Waals surface area contributed by atoms with E-state index in [9.17, 15) is 29.4 Å². The first-order valence-corrected chi connectivity index (χ1v) is 17.9. The lowest BCUT2D eigenvalue weighted by atomic mass is 9.95. The van der Waals surface area contributed by atoms with E-state index in [1.54, 1.807) is 46.2 Å². The molecule has 0 aliphatic carbocycles. The molecule has 4 aromatic rings. The standard InChI is InChI=1S/C38H40Cl2N4O6/c1-21(45)41-25-9-11-27-29(13-25)33(47)15-31-37(27)23(17-39)19-43(31)35(49)7-5-3-4-6-8-36(50)44-20-24(18-40)38-28-12-10-26(42-22(2)46)14-30(28)34(48)16-32(38)44/h9-16,23-24,47-48H,3-8,17-20H2,1-2H3,(H,41,45)(H,42,46). The maximum atomic E-state index is 13.4. The molecule has 0 saturated carbocycles. The average molecular weight is 720 g/mol. The number of hydrogen-bond acceptors (Lipinski definition) is 6. The van der Waals surface area contributed by atoms with Crippen LogP contribution in [-0.2, 0) is 19.2 Å². The number of nitrogens with one attached hydrogen (secondary N) is 2. The van der Waals surface area contributed by atoms with Gasteiger partial charge in [-0.15, -0.1) is 23.2 Å². The number of phenols is 2. The van der Waals surface area contributed by atoms with Gasteiger partial charge in [-0.1, -0.05) is 25.0 Å². The third-order valence-electron chi connectivity index (χ3n) is 9.62. The van der Waals surface area contributed by atoms with Crippen LogP contribution in [0.15, 0.2) is 48.5 Å². The Hall–Kier alpha value is -4.54. The highest BCUT2D eigenvalue weighted by Gasteiger charge is 2.35. The molecule has 2 unspecified atom stereocenters. The zero-order chi connectivity index (χ0) is 35.7. The molecule has 12 heteroatoms. The number of alkyl halides is 2. The van der Waals surface area contributed by atoms with Crippen molar-refractivity contribution in [2.45, 2.75) is 64.2 Å². The van der Waals surface area contributed by atoms with Gasteiger partial charge < -0.3 is 30.6 Å². The fraction of sp³-hybridized carbons (Fsp3) is 0.368. The van der Waals surface area contributed by atoms with Crippen molar-refractivity contribution in [2.24, 2.45) is 0 Å². The topological polar surface area (TPSA) is 139 Å². The predicted octanol–water partition coefficient (Wildman–Crippen LogP) is 7.70. The summed E-state index contributed by atoms with van der Waals surface area (Å²) in [4.78, 5) is 53.3. The number of carbonyl (C=O) groups is 4. The van der Waals surface area contributed by atoms with Crippen molar-refractivity contribution in [2.75, 3.05) is 45.3 Å². The van der Waals surface area contributed by atoms with Crippen LogP contribution in [0, 0.1) is 0 Å². The van der Waals surface area contributed by atoms with Gasteiger partial charge in [0.25, 0.3) is 0 Å². The molecule has 10 nitrogen and oxygen atoms in total. The highest BCUT2D eigenvalue weighted by Crippen LogP contribution is 2.47. The molecule has 2 heterocycles. The summed E-state index contributed by atoms with van der Waals surface area (Å²) in [6.07, 6.45) is 3.52. The van der Waals surface area contributed by atoms with Gasteiger partial charge in [-0.3, -0.25) is 19.2 Å². The number of halogens is 2. The summed E-state index contributed by atoms with van der Waals surface area (Å²) >= 11 is 12.7. The lowest BCUT2D eigenvalue weighted by Gasteiger charge is -2.19. The minimum atomic E-state index is -0.208. The number of phenolic OH excluding ortho intramolecular Hbond substituents is 2. The molecule has 262 valence electrons. The summed E-state index contributed by atoms with van der Waals surface area (Å²) in [6.45, 7) is 3.71. The van der Waals surface area contributed by atoms with E-state index in [0.717, 1.165) is 34.7 Å². The summed E-state index contributed by atoms with van der Waals surface area (Å²) < 4.78 is 0. The number of unbranched alkanes of at least 4 members (excludes halogenated alkanes) is 3. The molecule has 0 spiro atoms. The van der Waals surface area contributed by atoms with Crippen molar-refractivity contribution in [3.05, 3.63) is 59.7 Å². The number of amides is 4. The van der Waals surface area contributed by atoms with Gasteiger partial charge in [0.15, 0.2) is 0 Å². The Labute approximate surface area is 300 Å². The van der Waals surface area contributed by atoms with Crippen molar-refractivity contribution >= 4 is 91.1 Å². The minimum absolute atomic E-state index is 0.0288. The molecule has 0 fully saturated rings. The zero-order valence-corrected chi connectivity index (χ0v) is 29.5. The van der Waals surface area contributed by atoms with Gasteiger partial charge >= 0.3 is 0 Å². The van der Waals surface area contributed by atoms with Crippen molar-refractivity contribution in [1.82, 2.24) is 0 Å². The maximum Gasteiger partial charge on any atom is 0.227 e. The monoisotopic (exact) mass is 718 g/mol. The Bertz CT molecular complexity index is 1870. The number of rotatable bonds is 11. The van der Waals surface area contributed by atoms with E-state index in [0.29, 0.717) is 84.1 Å². The normalized spacial score (nSPS) is 16.5. The van der Waals surface area contributed by atoms with Crippen LogP contribution >= 0.6 is 23.2 Å². The quantitative estimate of drug-likeness (QED) is 0.0926. The second kappa shape index (κ2) is 14.7. The molecular weight excluding hydrogens is 679 g/mol. The van der Waals surface area contributed by atoms with Crippen LogP contribution in [0.3, 0.4) is 0 Å². The van der Waals surface area contributed by atoms with Gasteiger partial charge in [-0.05, 0) is 59.0 Å². The first-order chi connectivity index (χ1) is 24.0. The first-order valence-electron chi connectivity index (χ1n) is 16.9. The van der Waals surface area contributed by atoms with E-state index >= 15 is 0 Å². The molecule has 2 aliphatic rings. The van der Waals surface area contributed by atoms with Gasteiger partial charge in [0.2, 0.25) is 23.6 Å². The summed E-state index contributed by atoms with van der Waals surface area (Å²) in [5, 5.41) is 30.0. The van der Waals surface area contributed by atoms with Crippen LogP contribution in [0.25, 0.3) is 21.5 Å². The fourth-order valence-electron chi connectivity index (χ4n) is 7.41. The molecule has 6 rings (SSSR count). The fourth-order valence-corrected chi connectivity index (χ4v) is 7.92. The Morgan fingerprint density at radius 1 is 0.640 bits per heavy atom. The Balaban J connectivity index is 1.05. The minimum Gasteiger partial charge on any atom is -0.507 e. The SMILES string of the molecule is CC(=O)Nc1ccc2c3c(cc(O)c2c1)N(C(=O)CCCCCCC(=O)N1CC(CCl)c2c1cc(O)c1cc(NC(C)=O)ccc21)CC3CCl. The van der Waals surface area contributed by atoms with Crippen molar-refractivity contribution in [3.63, 3.8) is 0 Å². The van der Waals surface area contributed by atoms with Crippen LogP contribution in [0.2, 0.25) is 0 Å². The van der Waals surface area contributed by atoms with E-state index in [-0.39, 0.29) is 47.0 Å². The van der Waals surface area contributed by atoms with Crippen LogP contribution in [-0.4, -0.2) is 58.7 Å². The van der Waals surface area contributed by atoms with E-state index in [4.69, 9.17) is 23.2 Å². The van der Waals surface area contributed by atoms with E-state index in [2.05, 4.69) is 10.6 Å². The Morgan fingerprint density at radius 2 is 1.04 bits per heavy atom. The molecule has 2 aliphatic heterocycles. The molecule has 0 aromatic heterocycles. The van der Waals surface area contributed by atoms with E-state index in [1.807, 2.05) is 12.1 Å². The average Bonchev–Trinajstić information content (AvgIpc) is 3.64. The number of aromatic hydroxyl groups is 2. The first kappa shape index (κ1) is 35.3. The molecule has 50 heavy (non-hydrogen) atoms. The number of fused-ring (bicyclic) bond motifs is 6. The van der Waals surface area contributed by atoms with Gasteiger partial charge in [-0.25, -0.2) is 0 Å². The molecule has 2 atom stereocenters. The molecule has 4 N–H and O–H groups in total. The predicted molar refractivity (Wildman–Crippen MR) is 199 cm³/mol. The molecule has 0 saturated heterocycles. The van der Waals surface area contributed by atoms with Gasteiger partial charge in [0.1, 0.15) is 11.5 Å². The lowest BCUT2D eigenvalue weighted by Crippen LogP contribution is -2.30. The van der Waals surface area contributed by atoms with Gasteiger partial charge in [0, 0.05) is 97.7 Å². The Morgan fingerprint density at radius 3 is 1.40 bits per heavy atom. The number of benzene rings is 4. The van der Waals surface area contributed by atoms with Crippen molar-refractivity contribution < 1.29 is 29.4 Å². The molecule has 0 radical (unpaired) electrons. The van der Waals surface area contributed by atoms with Crippen LogP contribution in [0.4, 0.5) is 22.7 Å². The third-order valence-corrected chi connectivity index (χ3v) is 10.4. The smallest absolute Gasteiger partial charge is 0.227 e. The van der Waals surface area contributed by atoms with Gasteiger partial charge in [-0.2, -0.15) is 0 Å². The highest BCUT2D eigenvalue weighted by atomic mass is 35.5. The van der Waals surface area contributed by atoms with Crippen LogP contribution in [0.5, 0.6) is 11.5 Å². The molecule has 0 bridgehead atoms. The molecule has 4 amide bonds. The molecular formula is C38H40Cl2N4O6. The maximum absolute atomic E-state index is 13.4. The van der Waals surface area contributed by atoms with E-state index < -0.39 is 0 Å². The van der Waals surface area contributed by atoms with Crippen molar-refractivity contribution in [1.29, 1.82) is 0 Å². The van der Waals surface area contributed by atoms with Crippen LogP contribution < -0.4 is 20.4 Å². The largest absolute Gasteiger partial charge is 0.507 e. The number of carbonyl (C=O) groups excluding carboxylic acids is 4. The summed E-state index contributed by atoms with van der Waals surface area (Å²) in [5.41, 5.74) is 4.32. The zero-order valence-electron chi connectivity index (χ0n) is 28.0.